The van der Waals surface area contributed by atoms with Gasteiger partial charge >= 0.3 is 0 Å². The molecule has 2 rings (SSSR count). The molecule has 0 bridgehead atoms. The van der Waals surface area contributed by atoms with Crippen molar-refractivity contribution in [3.63, 3.8) is 0 Å². The highest BCUT2D eigenvalue weighted by molar-refractivity contribution is 6.31. The van der Waals surface area contributed by atoms with Crippen LogP contribution in [-0.4, -0.2) is 43.7 Å². The first-order chi connectivity index (χ1) is 10.6. The van der Waals surface area contributed by atoms with E-state index < -0.39 is 0 Å². The van der Waals surface area contributed by atoms with E-state index in [-0.39, 0.29) is 18.1 Å². The summed E-state index contributed by atoms with van der Waals surface area (Å²) in [6, 6.07) is 7.49. The zero-order valence-corrected chi connectivity index (χ0v) is 14.1. The summed E-state index contributed by atoms with van der Waals surface area (Å²) < 4.78 is 5.71. The molecule has 0 saturated carbocycles. The second-order valence-electron chi connectivity index (χ2n) is 6.00. The molecule has 1 aliphatic rings. The molecule has 1 aliphatic heterocycles. The summed E-state index contributed by atoms with van der Waals surface area (Å²) >= 11 is 6.16. The maximum absolute atomic E-state index is 12.2. The van der Waals surface area contributed by atoms with Crippen molar-refractivity contribution in [2.45, 2.75) is 38.3 Å². The van der Waals surface area contributed by atoms with E-state index in [0.29, 0.717) is 11.6 Å². The predicted octanol–water partition coefficient (Wildman–Crippen LogP) is 3.02. The van der Waals surface area contributed by atoms with Gasteiger partial charge in [0.25, 0.3) is 0 Å². The number of carbonyl (C=O) groups excluding carboxylic acids is 1. The molecule has 1 N–H and O–H groups in total. The molecule has 0 aromatic heterocycles. The third-order valence-electron chi connectivity index (χ3n) is 3.95. The van der Waals surface area contributed by atoms with Gasteiger partial charge in [-0.3, -0.25) is 9.69 Å². The van der Waals surface area contributed by atoms with Gasteiger partial charge in [-0.1, -0.05) is 29.8 Å². The lowest BCUT2D eigenvalue weighted by Crippen LogP contribution is -2.40. The Bertz CT molecular complexity index is 489. The monoisotopic (exact) mass is 324 g/mol. The number of likely N-dealkylation sites (N-methyl/N-ethyl adjacent to an activating group) is 1. The first-order valence-electron chi connectivity index (χ1n) is 7.90. The van der Waals surface area contributed by atoms with Crippen LogP contribution in [0.5, 0.6) is 0 Å². The molecule has 2 atom stereocenters. The Balaban J connectivity index is 1.78. The average molecular weight is 325 g/mol. The first kappa shape index (κ1) is 17.3. The number of ether oxygens (including phenoxy) is 1. The second kappa shape index (κ2) is 8.51. The van der Waals surface area contributed by atoms with Crippen LogP contribution in [0.25, 0.3) is 0 Å². The summed E-state index contributed by atoms with van der Waals surface area (Å²) in [6.07, 6.45) is 3.71. The first-order valence-corrected chi connectivity index (χ1v) is 8.28. The van der Waals surface area contributed by atoms with E-state index in [1.165, 1.54) is 6.42 Å². The fourth-order valence-corrected chi connectivity index (χ4v) is 3.10. The van der Waals surface area contributed by atoms with Crippen LogP contribution in [0, 0.1) is 0 Å². The normalized spacial score (nSPS) is 19.9. The van der Waals surface area contributed by atoms with Crippen molar-refractivity contribution in [1.82, 2.24) is 10.2 Å². The molecule has 1 amide bonds. The fourth-order valence-electron chi connectivity index (χ4n) is 2.80. The lowest BCUT2D eigenvalue weighted by Gasteiger charge is -2.27. The van der Waals surface area contributed by atoms with Crippen molar-refractivity contribution in [3.05, 3.63) is 34.9 Å². The van der Waals surface area contributed by atoms with Crippen molar-refractivity contribution in [3.8, 4) is 0 Å². The quantitative estimate of drug-likeness (QED) is 0.874. The third-order valence-corrected chi connectivity index (χ3v) is 4.30. The number of nitrogens with one attached hydrogen (secondary N) is 1. The Morgan fingerprint density at radius 1 is 1.45 bits per heavy atom. The van der Waals surface area contributed by atoms with Gasteiger partial charge in [-0.15, -0.1) is 0 Å². The van der Waals surface area contributed by atoms with E-state index in [9.17, 15) is 4.79 Å². The van der Waals surface area contributed by atoms with Crippen molar-refractivity contribution in [2.24, 2.45) is 0 Å². The average Bonchev–Trinajstić information content (AvgIpc) is 2.48. The van der Waals surface area contributed by atoms with E-state index in [1.54, 1.807) is 0 Å². The van der Waals surface area contributed by atoms with Crippen molar-refractivity contribution in [1.29, 1.82) is 0 Å². The largest absolute Gasteiger partial charge is 0.377 e. The van der Waals surface area contributed by atoms with Gasteiger partial charge in [-0.2, -0.15) is 0 Å². The highest BCUT2D eigenvalue weighted by Gasteiger charge is 2.18. The molecule has 1 aromatic rings. The lowest BCUT2D eigenvalue weighted by molar-refractivity contribution is -0.123. The Hall–Kier alpha value is -1.10. The maximum atomic E-state index is 12.2. The molecule has 22 heavy (non-hydrogen) atoms. The van der Waals surface area contributed by atoms with Crippen molar-refractivity contribution < 1.29 is 9.53 Å². The number of amides is 1. The highest BCUT2D eigenvalue weighted by Crippen LogP contribution is 2.22. The van der Waals surface area contributed by atoms with Crippen LogP contribution in [0.1, 0.15) is 37.8 Å². The number of benzene rings is 1. The topological polar surface area (TPSA) is 41.6 Å². The van der Waals surface area contributed by atoms with Crippen LogP contribution in [0.15, 0.2) is 24.3 Å². The maximum Gasteiger partial charge on any atom is 0.234 e. The number of nitrogens with zero attached hydrogens (tertiary/aromatic N) is 1. The Morgan fingerprint density at radius 3 is 2.91 bits per heavy atom. The summed E-state index contributed by atoms with van der Waals surface area (Å²) in [5, 5.41) is 3.68. The molecular formula is C17H25ClN2O2. The van der Waals surface area contributed by atoms with Crippen LogP contribution in [0.2, 0.25) is 5.02 Å². The Kier molecular flexibility index (Phi) is 6.68. The SMILES string of the molecule is CC(NC(=O)CN(C)CC1CCCCO1)c1ccccc1Cl. The molecule has 1 aromatic carbocycles. The van der Waals surface area contributed by atoms with E-state index >= 15 is 0 Å². The molecule has 0 radical (unpaired) electrons. The van der Waals surface area contributed by atoms with Gasteiger partial charge in [0, 0.05) is 18.2 Å². The number of hydrogen-bond acceptors (Lipinski definition) is 3. The molecule has 0 spiro atoms. The minimum atomic E-state index is -0.0967. The van der Waals surface area contributed by atoms with E-state index in [4.69, 9.17) is 16.3 Å². The molecule has 1 saturated heterocycles. The summed E-state index contributed by atoms with van der Waals surface area (Å²) in [5.41, 5.74) is 0.941. The third kappa shape index (κ3) is 5.27. The highest BCUT2D eigenvalue weighted by atomic mass is 35.5. The zero-order valence-electron chi connectivity index (χ0n) is 13.3. The van der Waals surface area contributed by atoms with Crippen LogP contribution in [-0.2, 0) is 9.53 Å². The molecule has 1 fully saturated rings. The summed E-state index contributed by atoms with van der Waals surface area (Å²) in [7, 11) is 1.96. The zero-order chi connectivity index (χ0) is 15.9. The minimum absolute atomic E-state index is 0.00530. The number of rotatable bonds is 6. The Labute approximate surface area is 137 Å². The lowest BCUT2D eigenvalue weighted by atomic mass is 10.1. The van der Waals surface area contributed by atoms with Gasteiger partial charge in [-0.05, 0) is 44.9 Å². The molecule has 0 aliphatic carbocycles. The standard InChI is InChI=1S/C17H25ClN2O2/c1-13(15-8-3-4-9-16(15)18)19-17(21)12-20(2)11-14-7-5-6-10-22-14/h3-4,8-9,13-14H,5-7,10-12H2,1-2H3,(H,19,21). The molecule has 4 nitrogen and oxygen atoms in total. The number of hydrogen-bond donors (Lipinski definition) is 1. The van der Waals surface area contributed by atoms with Crippen LogP contribution in [0.4, 0.5) is 0 Å². The summed E-state index contributed by atoms with van der Waals surface area (Å²) in [6.45, 7) is 3.96. The summed E-state index contributed by atoms with van der Waals surface area (Å²) in [5.74, 6) is 0.00530. The molecule has 1 heterocycles. The summed E-state index contributed by atoms with van der Waals surface area (Å²) in [4.78, 5) is 14.2. The van der Waals surface area contributed by atoms with Gasteiger partial charge in [0.15, 0.2) is 0 Å². The minimum Gasteiger partial charge on any atom is -0.377 e. The number of halogens is 1. The number of carbonyl (C=O) groups is 1. The van der Waals surface area contributed by atoms with Gasteiger partial charge in [0.05, 0.1) is 18.7 Å². The van der Waals surface area contributed by atoms with Crippen LogP contribution in [0.3, 0.4) is 0 Å². The second-order valence-corrected chi connectivity index (χ2v) is 6.40. The van der Waals surface area contributed by atoms with Crippen molar-refractivity contribution >= 4 is 17.5 Å². The van der Waals surface area contributed by atoms with E-state index in [1.807, 2.05) is 43.1 Å². The molecule has 5 heteroatoms. The fraction of sp³-hybridized carbons (Fsp3) is 0.588. The molecular weight excluding hydrogens is 300 g/mol. The van der Waals surface area contributed by atoms with Gasteiger partial charge < -0.3 is 10.1 Å². The molecule has 2 unspecified atom stereocenters. The van der Waals surface area contributed by atoms with Gasteiger partial charge in [0.1, 0.15) is 0 Å². The molecule has 122 valence electrons. The van der Waals surface area contributed by atoms with Crippen molar-refractivity contribution in [2.75, 3.05) is 26.7 Å². The van der Waals surface area contributed by atoms with Gasteiger partial charge in [0.2, 0.25) is 5.91 Å². The van der Waals surface area contributed by atoms with Gasteiger partial charge in [-0.25, -0.2) is 0 Å². The Morgan fingerprint density at radius 2 is 2.23 bits per heavy atom. The van der Waals surface area contributed by atoms with E-state index in [2.05, 4.69) is 5.32 Å². The van der Waals surface area contributed by atoms with Crippen LogP contribution < -0.4 is 5.32 Å². The smallest absolute Gasteiger partial charge is 0.234 e. The predicted molar refractivity (Wildman–Crippen MR) is 89.1 cm³/mol. The van der Waals surface area contributed by atoms with Crippen LogP contribution >= 0.6 is 11.6 Å². The van der Waals surface area contributed by atoms with E-state index in [0.717, 1.165) is 31.6 Å².